The molecule has 0 N–H and O–H groups in total. The Morgan fingerprint density at radius 1 is 1.17 bits per heavy atom. The average Bonchev–Trinajstić information content (AvgIpc) is 3.22. The van der Waals surface area contributed by atoms with Gasteiger partial charge in [0.05, 0.1) is 16.4 Å². The molecule has 3 rings (SSSR count). The fraction of sp³-hybridized carbons (Fsp3) is 0.318. The molecule has 0 spiro atoms. The van der Waals surface area contributed by atoms with Gasteiger partial charge in [0, 0.05) is 40.7 Å². The van der Waals surface area contributed by atoms with E-state index in [0.717, 1.165) is 30.3 Å². The number of carbonyl (C=O) groups is 1. The number of thiazole rings is 1. The zero-order valence-corrected chi connectivity index (χ0v) is 21.4. The first kappa shape index (κ1) is 26.9. The standard InChI is InChI=1S/C22H21ClF3N3O4S2/c1-13(30)33-12-29(35(31,32)22(24,25)26)15-5-6-16(17(23)10-15)18-11-34-20(28-18)14-7-8-27-19(9-14)21(2,3)4/h5-11H,12H2,1-4H3. The molecule has 0 amide bonds. The Hall–Kier alpha value is -2.70. The van der Waals surface area contributed by atoms with Gasteiger partial charge in [-0.25, -0.2) is 9.29 Å². The molecule has 3 aromatic rings. The van der Waals surface area contributed by atoms with E-state index in [1.165, 1.54) is 17.4 Å². The molecule has 13 heteroatoms. The van der Waals surface area contributed by atoms with Crippen LogP contribution in [-0.2, 0) is 25.0 Å². The van der Waals surface area contributed by atoms with Crippen LogP contribution in [0.25, 0.3) is 21.8 Å². The lowest BCUT2D eigenvalue weighted by molar-refractivity contribution is -0.140. The third kappa shape index (κ3) is 5.93. The van der Waals surface area contributed by atoms with E-state index < -0.39 is 33.9 Å². The Kier molecular flexibility index (Phi) is 7.49. The third-order valence-electron chi connectivity index (χ3n) is 4.76. The largest absolute Gasteiger partial charge is 0.516 e. The van der Waals surface area contributed by atoms with Crippen LogP contribution in [-0.4, -0.2) is 36.6 Å². The van der Waals surface area contributed by atoms with Crippen molar-refractivity contribution in [3.8, 4) is 21.8 Å². The summed E-state index contributed by atoms with van der Waals surface area (Å²) in [5.41, 5.74) is -3.62. The number of hydrogen-bond acceptors (Lipinski definition) is 7. The van der Waals surface area contributed by atoms with Crippen LogP contribution in [0.4, 0.5) is 18.9 Å². The first-order chi connectivity index (χ1) is 16.1. The average molecular weight is 548 g/mol. The van der Waals surface area contributed by atoms with E-state index in [-0.39, 0.29) is 14.7 Å². The number of aromatic nitrogens is 2. The molecule has 2 heterocycles. The molecule has 1 aromatic carbocycles. The van der Waals surface area contributed by atoms with Crippen molar-refractivity contribution >= 4 is 44.6 Å². The van der Waals surface area contributed by atoms with Gasteiger partial charge in [-0.2, -0.15) is 21.6 Å². The van der Waals surface area contributed by atoms with Crippen LogP contribution in [0.2, 0.25) is 5.02 Å². The van der Waals surface area contributed by atoms with Gasteiger partial charge in [-0.05, 0) is 30.3 Å². The highest BCUT2D eigenvalue weighted by molar-refractivity contribution is 7.93. The van der Waals surface area contributed by atoms with Gasteiger partial charge in [-0.1, -0.05) is 32.4 Å². The fourth-order valence-electron chi connectivity index (χ4n) is 2.93. The highest BCUT2D eigenvalue weighted by atomic mass is 35.5. The van der Waals surface area contributed by atoms with Crippen molar-refractivity contribution in [3.05, 3.63) is 52.6 Å². The molecule has 0 aliphatic heterocycles. The minimum absolute atomic E-state index is 0.0327. The number of hydrogen-bond donors (Lipinski definition) is 0. The first-order valence-electron chi connectivity index (χ1n) is 10.1. The Morgan fingerprint density at radius 2 is 1.86 bits per heavy atom. The summed E-state index contributed by atoms with van der Waals surface area (Å²) in [6.07, 6.45) is 1.69. The molecule has 0 aliphatic rings. The SMILES string of the molecule is CC(=O)OCN(c1ccc(-c2csc(-c3ccnc(C(C)(C)C)c3)n2)c(Cl)c1)S(=O)(=O)C(F)(F)F. The number of nitrogens with zero attached hydrogens (tertiary/aromatic N) is 3. The Labute approximate surface area is 209 Å². The quantitative estimate of drug-likeness (QED) is 0.278. The lowest BCUT2D eigenvalue weighted by Gasteiger charge is -2.25. The summed E-state index contributed by atoms with van der Waals surface area (Å²) in [4.78, 5) is 20.1. The maximum absolute atomic E-state index is 13.2. The van der Waals surface area contributed by atoms with Gasteiger partial charge >= 0.3 is 21.5 Å². The molecule has 7 nitrogen and oxygen atoms in total. The number of carbonyl (C=O) groups excluding carboxylic acids is 1. The summed E-state index contributed by atoms with van der Waals surface area (Å²) in [7, 11) is -5.85. The molecular formula is C22H21ClF3N3O4S2. The van der Waals surface area contributed by atoms with E-state index in [1.807, 2.05) is 32.9 Å². The number of ether oxygens (including phenoxy) is 1. The molecule has 188 valence electrons. The fourth-order valence-corrected chi connectivity index (χ4v) is 4.85. The molecule has 0 saturated carbocycles. The van der Waals surface area contributed by atoms with Crippen LogP contribution in [0, 0.1) is 0 Å². The van der Waals surface area contributed by atoms with Crippen molar-refractivity contribution in [2.45, 2.75) is 38.6 Å². The second kappa shape index (κ2) is 9.75. The Morgan fingerprint density at radius 3 is 2.43 bits per heavy atom. The molecular weight excluding hydrogens is 527 g/mol. The van der Waals surface area contributed by atoms with Crippen LogP contribution < -0.4 is 4.31 Å². The van der Waals surface area contributed by atoms with E-state index in [9.17, 15) is 26.4 Å². The maximum atomic E-state index is 13.2. The number of esters is 1. The third-order valence-corrected chi connectivity index (χ3v) is 7.45. The first-order valence-corrected chi connectivity index (χ1v) is 12.8. The molecule has 0 fully saturated rings. The van der Waals surface area contributed by atoms with E-state index in [4.69, 9.17) is 11.6 Å². The second-order valence-electron chi connectivity index (χ2n) is 8.45. The number of anilines is 1. The second-order valence-corrected chi connectivity index (χ2v) is 11.6. The van der Waals surface area contributed by atoms with Crippen LogP contribution in [0.1, 0.15) is 33.4 Å². The van der Waals surface area contributed by atoms with Crippen LogP contribution in [0.15, 0.2) is 41.9 Å². The van der Waals surface area contributed by atoms with Crippen molar-refractivity contribution in [2.75, 3.05) is 11.0 Å². The molecule has 0 unspecified atom stereocenters. The monoisotopic (exact) mass is 547 g/mol. The van der Waals surface area contributed by atoms with Crippen LogP contribution in [0.3, 0.4) is 0 Å². The van der Waals surface area contributed by atoms with Crippen molar-refractivity contribution in [1.82, 2.24) is 9.97 Å². The van der Waals surface area contributed by atoms with Gasteiger partial charge < -0.3 is 4.74 Å². The molecule has 2 aromatic heterocycles. The highest BCUT2D eigenvalue weighted by Crippen LogP contribution is 2.37. The molecule has 0 atom stereocenters. The number of sulfonamides is 1. The van der Waals surface area contributed by atoms with Gasteiger partial charge in [0.25, 0.3) is 0 Å². The Bertz CT molecular complexity index is 1350. The van der Waals surface area contributed by atoms with Crippen LogP contribution in [0.5, 0.6) is 0 Å². The summed E-state index contributed by atoms with van der Waals surface area (Å²) in [6, 6.07) is 7.29. The number of pyridine rings is 1. The van der Waals surface area contributed by atoms with Gasteiger partial charge in [0.2, 0.25) is 0 Å². The summed E-state index contributed by atoms with van der Waals surface area (Å²) in [5.74, 6) is -0.948. The van der Waals surface area contributed by atoms with E-state index in [2.05, 4.69) is 14.7 Å². The van der Waals surface area contributed by atoms with Gasteiger partial charge in [0.1, 0.15) is 5.01 Å². The highest BCUT2D eigenvalue weighted by Gasteiger charge is 2.50. The van der Waals surface area contributed by atoms with E-state index >= 15 is 0 Å². The zero-order valence-electron chi connectivity index (χ0n) is 19.1. The summed E-state index contributed by atoms with van der Waals surface area (Å²) in [5, 5.41) is 2.38. The van der Waals surface area contributed by atoms with Crippen molar-refractivity contribution in [2.24, 2.45) is 0 Å². The van der Waals surface area contributed by atoms with E-state index in [0.29, 0.717) is 16.3 Å². The Balaban J connectivity index is 1.97. The summed E-state index contributed by atoms with van der Waals surface area (Å²) >= 11 is 7.66. The van der Waals surface area contributed by atoms with Gasteiger partial charge in [-0.15, -0.1) is 11.3 Å². The van der Waals surface area contributed by atoms with E-state index in [1.54, 1.807) is 11.6 Å². The number of halogens is 4. The minimum Gasteiger partial charge on any atom is -0.443 e. The maximum Gasteiger partial charge on any atom is 0.516 e. The normalized spacial score (nSPS) is 12.5. The molecule has 0 radical (unpaired) electrons. The summed E-state index contributed by atoms with van der Waals surface area (Å²) < 4.78 is 68.1. The molecule has 0 saturated heterocycles. The lowest BCUT2D eigenvalue weighted by Crippen LogP contribution is -2.42. The molecule has 0 aliphatic carbocycles. The zero-order chi connectivity index (χ0) is 26.2. The van der Waals surface area contributed by atoms with Crippen molar-refractivity contribution in [1.29, 1.82) is 0 Å². The number of benzene rings is 1. The van der Waals surface area contributed by atoms with Crippen molar-refractivity contribution in [3.63, 3.8) is 0 Å². The minimum atomic E-state index is -5.85. The molecule has 35 heavy (non-hydrogen) atoms. The van der Waals surface area contributed by atoms with Gasteiger partial charge in [-0.3, -0.25) is 9.78 Å². The number of alkyl halides is 3. The topological polar surface area (TPSA) is 89.5 Å². The van der Waals surface area contributed by atoms with Gasteiger partial charge in [0.15, 0.2) is 6.73 Å². The predicted molar refractivity (Wildman–Crippen MR) is 129 cm³/mol. The summed E-state index contributed by atoms with van der Waals surface area (Å²) in [6.45, 7) is 5.90. The smallest absolute Gasteiger partial charge is 0.443 e. The van der Waals surface area contributed by atoms with Crippen molar-refractivity contribution < 1.29 is 31.1 Å². The number of rotatable bonds is 6. The lowest BCUT2D eigenvalue weighted by atomic mass is 9.91. The molecule has 0 bridgehead atoms. The van der Waals surface area contributed by atoms with Crippen LogP contribution >= 0.6 is 22.9 Å². The predicted octanol–water partition coefficient (Wildman–Crippen LogP) is 6.00.